The molecule has 0 fully saturated rings. The van der Waals surface area contributed by atoms with Crippen LogP contribution in [-0.4, -0.2) is 4.57 Å². The van der Waals surface area contributed by atoms with Crippen molar-refractivity contribution in [3.63, 3.8) is 0 Å². The van der Waals surface area contributed by atoms with Crippen LogP contribution in [0, 0.1) is 0 Å². The van der Waals surface area contributed by atoms with Gasteiger partial charge in [-0.25, -0.2) is 0 Å². The number of rotatable bonds is 1. The maximum absolute atomic E-state index is 2.31. The van der Waals surface area contributed by atoms with Gasteiger partial charge in [-0.05, 0) is 25.5 Å². The summed E-state index contributed by atoms with van der Waals surface area (Å²) < 4.78 is 2.24. The number of allylic oxidation sites excluding steroid dienone is 4. The molecule has 0 radical (unpaired) electrons. The first-order valence-electron chi connectivity index (χ1n) is 4.34. The third-order valence-corrected chi connectivity index (χ3v) is 2.22. The first-order valence-corrected chi connectivity index (χ1v) is 4.34. The summed E-state index contributed by atoms with van der Waals surface area (Å²) in [7, 11) is 0. The molecule has 0 aliphatic heterocycles. The Bertz CT molecular complexity index is 304. The fourth-order valence-electron chi connectivity index (χ4n) is 1.60. The molecule has 1 nitrogen and oxygen atoms in total. The molecule has 0 spiro atoms. The molecular formula is C11H13N. The van der Waals surface area contributed by atoms with Crippen LogP contribution in [0.4, 0.5) is 0 Å². The molecule has 1 heteroatoms. The van der Waals surface area contributed by atoms with Crippen LogP contribution in [0.15, 0.2) is 48.3 Å². The monoisotopic (exact) mass is 159 g/mol. The largest absolute Gasteiger partial charge is 0.347 e. The van der Waals surface area contributed by atoms with Gasteiger partial charge in [-0.1, -0.05) is 23.8 Å². The van der Waals surface area contributed by atoms with Gasteiger partial charge < -0.3 is 4.57 Å². The molecule has 1 aliphatic rings. The molecule has 0 saturated carbocycles. The number of aromatic nitrogens is 1. The summed E-state index contributed by atoms with van der Waals surface area (Å²) in [5.74, 6) is 0. The average Bonchev–Trinajstić information content (AvgIpc) is 2.56. The van der Waals surface area contributed by atoms with E-state index in [-0.39, 0.29) is 0 Å². The van der Waals surface area contributed by atoms with E-state index in [1.165, 1.54) is 5.57 Å². The Morgan fingerprint density at radius 1 is 1.33 bits per heavy atom. The minimum Gasteiger partial charge on any atom is -0.347 e. The normalized spacial score (nSPS) is 22.4. The van der Waals surface area contributed by atoms with Crippen molar-refractivity contribution in [3.05, 3.63) is 48.3 Å². The maximum atomic E-state index is 2.31. The van der Waals surface area contributed by atoms with Gasteiger partial charge in [0.25, 0.3) is 0 Å². The van der Waals surface area contributed by atoms with E-state index in [9.17, 15) is 0 Å². The molecule has 0 aromatic carbocycles. The summed E-state index contributed by atoms with van der Waals surface area (Å²) in [6, 6.07) is 4.67. The second kappa shape index (κ2) is 3.02. The van der Waals surface area contributed by atoms with Gasteiger partial charge in [0.05, 0.1) is 6.04 Å². The zero-order chi connectivity index (χ0) is 8.39. The third kappa shape index (κ3) is 1.35. The van der Waals surface area contributed by atoms with E-state index in [4.69, 9.17) is 0 Å². The maximum Gasteiger partial charge on any atom is 0.0550 e. The number of hydrogen-bond acceptors (Lipinski definition) is 0. The topological polar surface area (TPSA) is 4.93 Å². The average molecular weight is 159 g/mol. The van der Waals surface area contributed by atoms with Crippen molar-refractivity contribution in [1.29, 1.82) is 0 Å². The summed E-state index contributed by atoms with van der Waals surface area (Å²) in [6.45, 7) is 2.14. The van der Waals surface area contributed by atoms with Gasteiger partial charge in [0.2, 0.25) is 0 Å². The molecule has 1 aromatic heterocycles. The minimum absolute atomic E-state index is 0.532. The lowest BCUT2D eigenvalue weighted by molar-refractivity contribution is 0.607. The summed E-state index contributed by atoms with van der Waals surface area (Å²) >= 11 is 0. The molecule has 12 heavy (non-hydrogen) atoms. The number of hydrogen-bond donors (Lipinski definition) is 0. The smallest absolute Gasteiger partial charge is 0.0550 e. The van der Waals surface area contributed by atoms with E-state index in [0.29, 0.717) is 6.04 Å². The second-order valence-electron chi connectivity index (χ2n) is 3.25. The van der Waals surface area contributed by atoms with Crippen LogP contribution in [0.2, 0.25) is 0 Å². The van der Waals surface area contributed by atoms with Gasteiger partial charge in [-0.3, -0.25) is 0 Å². The van der Waals surface area contributed by atoms with Gasteiger partial charge in [-0.2, -0.15) is 0 Å². The number of nitrogens with zero attached hydrogens (tertiary/aromatic N) is 1. The molecule has 1 atom stereocenters. The molecule has 0 bridgehead atoms. The quantitative estimate of drug-likeness (QED) is 0.593. The summed E-state index contributed by atoms with van der Waals surface area (Å²) in [4.78, 5) is 0. The Hall–Kier alpha value is -1.24. The van der Waals surface area contributed by atoms with Gasteiger partial charge in [0.1, 0.15) is 0 Å². The Labute approximate surface area is 73.0 Å². The van der Waals surface area contributed by atoms with Crippen molar-refractivity contribution in [3.8, 4) is 0 Å². The van der Waals surface area contributed by atoms with Crippen LogP contribution in [0.5, 0.6) is 0 Å². The van der Waals surface area contributed by atoms with E-state index in [1.807, 2.05) is 0 Å². The molecule has 0 N–H and O–H groups in total. The van der Waals surface area contributed by atoms with E-state index in [0.717, 1.165) is 6.42 Å². The fraction of sp³-hybridized carbons (Fsp3) is 0.273. The highest BCUT2D eigenvalue weighted by atomic mass is 15.0. The van der Waals surface area contributed by atoms with E-state index in [1.54, 1.807) is 0 Å². The predicted octanol–water partition coefficient (Wildman–Crippen LogP) is 2.94. The van der Waals surface area contributed by atoms with Crippen LogP contribution < -0.4 is 0 Å². The van der Waals surface area contributed by atoms with Gasteiger partial charge >= 0.3 is 0 Å². The first kappa shape index (κ1) is 7.41. The van der Waals surface area contributed by atoms with Gasteiger partial charge in [0.15, 0.2) is 0 Å². The van der Waals surface area contributed by atoms with Crippen molar-refractivity contribution < 1.29 is 0 Å². The molecule has 62 valence electrons. The van der Waals surface area contributed by atoms with Crippen LogP contribution >= 0.6 is 0 Å². The standard InChI is InChI=1S/C11H13N/c1-10-5-4-6-11(9-10)12-7-2-3-8-12/h2-5,7-9,11H,6H2,1H3. The molecular weight excluding hydrogens is 146 g/mol. The van der Waals surface area contributed by atoms with E-state index < -0.39 is 0 Å². The minimum atomic E-state index is 0.532. The predicted molar refractivity (Wildman–Crippen MR) is 51.0 cm³/mol. The van der Waals surface area contributed by atoms with E-state index >= 15 is 0 Å². The molecule has 1 aromatic rings. The lowest BCUT2D eigenvalue weighted by Crippen LogP contribution is -2.05. The summed E-state index contributed by atoms with van der Waals surface area (Å²) in [6.07, 6.45) is 12.1. The van der Waals surface area contributed by atoms with E-state index in [2.05, 4.69) is 54.2 Å². The van der Waals surface area contributed by atoms with Crippen molar-refractivity contribution in [1.82, 2.24) is 4.57 Å². The second-order valence-corrected chi connectivity index (χ2v) is 3.25. The highest BCUT2D eigenvalue weighted by Crippen LogP contribution is 2.20. The highest BCUT2D eigenvalue weighted by Gasteiger charge is 2.07. The zero-order valence-electron chi connectivity index (χ0n) is 7.27. The van der Waals surface area contributed by atoms with Crippen LogP contribution in [-0.2, 0) is 0 Å². The van der Waals surface area contributed by atoms with Crippen LogP contribution in [0.1, 0.15) is 19.4 Å². The lowest BCUT2D eigenvalue weighted by atomic mass is 10.0. The van der Waals surface area contributed by atoms with Crippen molar-refractivity contribution in [2.75, 3.05) is 0 Å². The Morgan fingerprint density at radius 3 is 2.75 bits per heavy atom. The SMILES string of the molecule is CC1=CC(n2cccc2)CC=C1. The Morgan fingerprint density at radius 2 is 2.08 bits per heavy atom. The zero-order valence-corrected chi connectivity index (χ0v) is 7.27. The molecule has 1 unspecified atom stereocenters. The summed E-state index contributed by atoms with van der Waals surface area (Å²) in [5, 5.41) is 0. The van der Waals surface area contributed by atoms with Crippen LogP contribution in [0.25, 0.3) is 0 Å². The Balaban J connectivity index is 2.22. The first-order chi connectivity index (χ1) is 5.86. The van der Waals surface area contributed by atoms with Crippen molar-refractivity contribution in [2.24, 2.45) is 0 Å². The molecule has 1 aliphatic carbocycles. The van der Waals surface area contributed by atoms with Gasteiger partial charge in [-0.15, -0.1) is 0 Å². The van der Waals surface area contributed by atoms with Gasteiger partial charge in [0, 0.05) is 12.4 Å². The Kier molecular flexibility index (Phi) is 1.86. The summed E-state index contributed by atoms with van der Waals surface area (Å²) in [5.41, 5.74) is 1.36. The molecule has 0 amide bonds. The fourth-order valence-corrected chi connectivity index (χ4v) is 1.60. The third-order valence-electron chi connectivity index (χ3n) is 2.22. The van der Waals surface area contributed by atoms with Crippen molar-refractivity contribution >= 4 is 0 Å². The molecule has 1 heterocycles. The molecule has 0 saturated heterocycles. The molecule has 2 rings (SSSR count). The highest BCUT2D eigenvalue weighted by molar-refractivity contribution is 5.23. The lowest BCUT2D eigenvalue weighted by Gasteiger charge is -2.16. The van der Waals surface area contributed by atoms with Crippen molar-refractivity contribution in [2.45, 2.75) is 19.4 Å². The van der Waals surface area contributed by atoms with Crippen LogP contribution in [0.3, 0.4) is 0 Å².